The second-order valence-electron chi connectivity index (χ2n) is 8.63. The van der Waals surface area contributed by atoms with Crippen molar-refractivity contribution in [3.05, 3.63) is 42.0 Å². The number of halogens is 2. The van der Waals surface area contributed by atoms with Crippen molar-refractivity contribution in [1.82, 2.24) is 9.80 Å². The summed E-state index contributed by atoms with van der Waals surface area (Å²) in [5, 5.41) is 0. The number of piperidine rings is 1. The Morgan fingerprint density at radius 3 is 2.80 bits per heavy atom. The molecule has 0 aliphatic carbocycles. The number of likely N-dealkylation sites (tertiary alicyclic amines) is 2. The van der Waals surface area contributed by atoms with Crippen LogP contribution in [-0.2, 0) is 20.9 Å². The summed E-state index contributed by atoms with van der Waals surface area (Å²) in [6, 6.07) is 7.51. The van der Waals surface area contributed by atoms with Crippen LogP contribution in [0.3, 0.4) is 0 Å². The van der Waals surface area contributed by atoms with Crippen molar-refractivity contribution >= 4 is 11.8 Å². The van der Waals surface area contributed by atoms with E-state index in [9.17, 15) is 18.4 Å². The molecule has 1 aromatic rings. The second-order valence-corrected chi connectivity index (χ2v) is 8.63. The molecule has 2 bridgehead atoms. The third-order valence-corrected chi connectivity index (χ3v) is 6.78. The van der Waals surface area contributed by atoms with Crippen molar-refractivity contribution in [2.75, 3.05) is 26.7 Å². The monoisotopic (exact) mass is 418 g/mol. The molecule has 160 valence electrons. The van der Waals surface area contributed by atoms with E-state index in [1.807, 2.05) is 36.4 Å². The van der Waals surface area contributed by atoms with E-state index in [4.69, 9.17) is 9.47 Å². The molecule has 6 nitrogen and oxygen atoms in total. The summed E-state index contributed by atoms with van der Waals surface area (Å²) in [6.45, 7) is 0.802. The molecule has 4 atom stereocenters. The molecule has 3 fully saturated rings. The molecule has 8 heteroatoms. The van der Waals surface area contributed by atoms with Crippen LogP contribution < -0.4 is 4.74 Å². The lowest BCUT2D eigenvalue weighted by atomic mass is 9.76. The molecule has 3 saturated heterocycles. The maximum Gasteiger partial charge on any atom is 0.251 e. The summed E-state index contributed by atoms with van der Waals surface area (Å²) < 4.78 is 38.4. The van der Waals surface area contributed by atoms with Gasteiger partial charge in [0.05, 0.1) is 31.6 Å². The van der Waals surface area contributed by atoms with Gasteiger partial charge in [-0.15, -0.1) is 0 Å². The number of nitrogens with zero attached hydrogens (tertiary/aromatic N) is 2. The summed E-state index contributed by atoms with van der Waals surface area (Å²) in [7, 11) is 1.59. The maximum atomic E-state index is 13.5. The van der Waals surface area contributed by atoms with Gasteiger partial charge in [-0.05, 0) is 17.7 Å². The molecule has 1 aromatic carbocycles. The highest BCUT2D eigenvalue weighted by atomic mass is 19.3. The number of ether oxygens (including phenoxy) is 2. The first-order valence-electron chi connectivity index (χ1n) is 10.3. The van der Waals surface area contributed by atoms with Gasteiger partial charge in [0, 0.05) is 32.5 Å². The largest absolute Gasteiger partial charge is 0.497 e. The van der Waals surface area contributed by atoms with Gasteiger partial charge in [0.25, 0.3) is 5.92 Å². The molecule has 0 unspecified atom stereocenters. The highest BCUT2D eigenvalue weighted by Gasteiger charge is 2.67. The molecule has 0 N–H and O–H groups in total. The molecule has 0 aromatic heterocycles. The molecule has 1 spiro atoms. The first-order chi connectivity index (χ1) is 14.3. The van der Waals surface area contributed by atoms with Crippen LogP contribution in [0.5, 0.6) is 5.75 Å². The average Bonchev–Trinajstić information content (AvgIpc) is 3.36. The molecule has 4 aliphatic rings. The van der Waals surface area contributed by atoms with Crippen LogP contribution in [0.2, 0.25) is 0 Å². The van der Waals surface area contributed by atoms with E-state index in [2.05, 4.69) is 0 Å². The van der Waals surface area contributed by atoms with Crippen LogP contribution in [0.4, 0.5) is 8.78 Å². The van der Waals surface area contributed by atoms with Gasteiger partial charge in [-0.1, -0.05) is 24.3 Å². The third kappa shape index (κ3) is 3.00. The van der Waals surface area contributed by atoms with Crippen LogP contribution in [-0.4, -0.2) is 66.0 Å². The number of rotatable bonds is 4. The number of amides is 2. The van der Waals surface area contributed by atoms with Gasteiger partial charge in [0.2, 0.25) is 11.8 Å². The number of fused-ring (bicyclic) bond motifs is 1. The molecule has 4 aliphatic heterocycles. The summed E-state index contributed by atoms with van der Waals surface area (Å²) >= 11 is 0. The van der Waals surface area contributed by atoms with Crippen LogP contribution in [0.1, 0.15) is 18.4 Å². The Hall–Kier alpha value is -2.48. The molecular weight excluding hydrogens is 394 g/mol. The Labute approximate surface area is 173 Å². The van der Waals surface area contributed by atoms with Crippen LogP contribution in [0, 0.1) is 11.8 Å². The second kappa shape index (κ2) is 6.77. The van der Waals surface area contributed by atoms with Crippen molar-refractivity contribution in [3.63, 3.8) is 0 Å². The summed E-state index contributed by atoms with van der Waals surface area (Å²) in [4.78, 5) is 29.7. The van der Waals surface area contributed by atoms with E-state index in [0.717, 1.165) is 5.56 Å². The topological polar surface area (TPSA) is 59.1 Å². The number of benzene rings is 1. The van der Waals surface area contributed by atoms with Gasteiger partial charge in [0.1, 0.15) is 11.4 Å². The Morgan fingerprint density at radius 2 is 2.07 bits per heavy atom. The van der Waals surface area contributed by atoms with Gasteiger partial charge < -0.3 is 19.3 Å². The van der Waals surface area contributed by atoms with Gasteiger partial charge in [-0.25, -0.2) is 8.78 Å². The number of carbonyl (C=O) groups excluding carboxylic acids is 2. The first-order valence-corrected chi connectivity index (χ1v) is 10.3. The standard InChI is InChI=1S/C22H24F2N2O4/c1-29-15-4-2-3-14(11-15)12-26-13-21-6-5-16(30-21)17(18(21)20(26)28)19(27)25-9-7-22(23,24)8-10-25/h2-6,11,16-18H,7-10,12-13H2,1H3/t16-,17-,18-,21-/m0/s1. The number of hydrogen-bond donors (Lipinski definition) is 0. The highest BCUT2D eigenvalue weighted by molar-refractivity contribution is 5.93. The lowest BCUT2D eigenvalue weighted by Gasteiger charge is -2.35. The van der Waals surface area contributed by atoms with Gasteiger partial charge in [-0.2, -0.15) is 0 Å². The normalized spacial score (nSPS) is 33.8. The van der Waals surface area contributed by atoms with Gasteiger partial charge in [-0.3, -0.25) is 9.59 Å². The van der Waals surface area contributed by atoms with Crippen LogP contribution >= 0.6 is 0 Å². The molecular formula is C22H24F2N2O4. The Balaban J connectivity index is 1.35. The summed E-state index contributed by atoms with van der Waals surface area (Å²) in [5.74, 6) is -3.63. The zero-order valence-corrected chi connectivity index (χ0v) is 16.7. The van der Waals surface area contributed by atoms with Crippen molar-refractivity contribution in [3.8, 4) is 5.75 Å². The molecule has 4 heterocycles. The van der Waals surface area contributed by atoms with E-state index in [-0.39, 0.29) is 37.7 Å². The lowest BCUT2D eigenvalue weighted by molar-refractivity contribution is -0.147. The number of methoxy groups -OCH3 is 1. The zero-order chi connectivity index (χ0) is 21.1. The van der Waals surface area contributed by atoms with Gasteiger partial charge in [0.15, 0.2) is 0 Å². The SMILES string of the molecule is COc1cccc(CN2C[C@]34C=C[C@H](O3)[C@H](C(=O)N3CCC(F)(F)CC3)[C@H]4C2=O)c1. The fraction of sp³-hybridized carbons (Fsp3) is 0.545. The minimum Gasteiger partial charge on any atom is -0.497 e. The smallest absolute Gasteiger partial charge is 0.251 e. The van der Waals surface area contributed by atoms with E-state index < -0.39 is 29.5 Å². The summed E-state index contributed by atoms with van der Waals surface area (Å²) in [5.41, 5.74) is 0.124. The van der Waals surface area contributed by atoms with E-state index in [1.165, 1.54) is 4.90 Å². The molecule has 30 heavy (non-hydrogen) atoms. The van der Waals surface area contributed by atoms with E-state index in [0.29, 0.717) is 18.8 Å². The molecule has 5 rings (SSSR count). The molecule has 0 saturated carbocycles. The predicted molar refractivity (Wildman–Crippen MR) is 103 cm³/mol. The Kier molecular flexibility index (Phi) is 4.39. The van der Waals surface area contributed by atoms with Crippen LogP contribution in [0.25, 0.3) is 0 Å². The lowest BCUT2D eigenvalue weighted by Crippen LogP contribution is -2.50. The Bertz CT molecular complexity index is 910. The summed E-state index contributed by atoms with van der Waals surface area (Å²) in [6.07, 6.45) is 2.62. The Morgan fingerprint density at radius 1 is 1.30 bits per heavy atom. The fourth-order valence-electron chi connectivity index (χ4n) is 5.25. The van der Waals surface area contributed by atoms with E-state index >= 15 is 0 Å². The third-order valence-electron chi connectivity index (χ3n) is 6.78. The van der Waals surface area contributed by atoms with E-state index in [1.54, 1.807) is 12.0 Å². The zero-order valence-electron chi connectivity index (χ0n) is 16.7. The minimum atomic E-state index is -2.72. The number of carbonyl (C=O) groups is 2. The molecule has 0 radical (unpaired) electrons. The minimum absolute atomic E-state index is 0.0141. The quantitative estimate of drug-likeness (QED) is 0.704. The van der Waals surface area contributed by atoms with Crippen molar-refractivity contribution in [2.24, 2.45) is 11.8 Å². The maximum absolute atomic E-state index is 13.5. The molecule has 2 amide bonds. The highest BCUT2D eigenvalue weighted by Crippen LogP contribution is 2.52. The number of hydrogen-bond acceptors (Lipinski definition) is 4. The van der Waals surface area contributed by atoms with Gasteiger partial charge >= 0.3 is 0 Å². The van der Waals surface area contributed by atoms with Crippen molar-refractivity contribution < 1.29 is 27.8 Å². The first kappa shape index (κ1) is 19.5. The predicted octanol–water partition coefficient (Wildman–Crippen LogP) is 2.23. The van der Waals surface area contributed by atoms with Crippen molar-refractivity contribution in [1.29, 1.82) is 0 Å². The average molecular weight is 418 g/mol. The fourth-order valence-corrected chi connectivity index (χ4v) is 5.25. The number of alkyl halides is 2. The van der Waals surface area contributed by atoms with Crippen molar-refractivity contribution in [2.45, 2.75) is 37.0 Å². The van der Waals surface area contributed by atoms with Crippen LogP contribution in [0.15, 0.2) is 36.4 Å².